The number of amides is 3. The molecule has 0 heterocycles. The maximum atomic E-state index is 12.0. The maximum absolute atomic E-state index is 12.0. The van der Waals surface area contributed by atoms with Crippen LogP contribution in [0.2, 0.25) is 0 Å². The fourth-order valence-corrected chi connectivity index (χ4v) is 2.19. The third kappa shape index (κ3) is 6.50. The summed E-state index contributed by atoms with van der Waals surface area (Å²) in [4.78, 5) is 36.2. The largest absolute Gasteiger partial charge is 0.340 e. The molecule has 0 spiro atoms. The van der Waals surface area contributed by atoms with Crippen LogP contribution in [0.25, 0.3) is 0 Å². The number of hydrogen-bond acceptors (Lipinski definition) is 3. The highest BCUT2D eigenvalue weighted by atomic mass is 16.2. The van der Waals surface area contributed by atoms with Crippen LogP contribution in [0.5, 0.6) is 0 Å². The smallest absolute Gasteiger partial charge is 0.226 e. The van der Waals surface area contributed by atoms with Crippen LogP contribution in [-0.2, 0) is 14.4 Å². The van der Waals surface area contributed by atoms with Crippen molar-refractivity contribution in [2.24, 2.45) is 0 Å². The molecule has 1 unspecified atom stereocenters. The van der Waals surface area contributed by atoms with Gasteiger partial charge in [0.05, 0.1) is 0 Å². The van der Waals surface area contributed by atoms with Crippen molar-refractivity contribution in [2.45, 2.75) is 46.6 Å². The van der Waals surface area contributed by atoms with Crippen LogP contribution in [0.1, 0.15) is 40.5 Å². The van der Waals surface area contributed by atoms with Gasteiger partial charge in [0.1, 0.15) is 0 Å². The minimum Gasteiger partial charge on any atom is -0.340 e. The van der Waals surface area contributed by atoms with Gasteiger partial charge < -0.3 is 15.5 Å². The first-order chi connectivity index (χ1) is 10.8. The number of benzene rings is 1. The Morgan fingerprint density at radius 3 is 2.00 bits per heavy atom. The molecular weight excluding hydrogens is 294 g/mol. The number of nitrogens with zero attached hydrogens (tertiary/aromatic N) is 1. The van der Waals surface area contributed by atoms with Crippen molar-refractivity contribution >= 4 is 29.1 Å². The molecule has 0 bridgehead atoms. The number of anilines is 2. The zero-order valence-electron chi connectivity index (χ0n) is 14.2. The third-order valence-electron chi connectivity index (χ3n) is 3.60. The molecule has 2 N–H and O–H groups in total. The first-order valence-electron chi connectivity index (χ1n) is 7.78. The van der Waals surface area contributed by atoms with E-state index in [9.17, 15) is 14.4 Å². The molecule has 0 fully saturated rings. The molecule has 1 aromatic carbocycles. The summed E-state index contributed by atoms with van der Waals surface area (Å²) in [6.07, 6.45) is 1.10. The molecule has 0 aromatic heterocycles. The Hall–Kier alpha value is -2.37. The summed E-state index contributed by atoms with van der Waals surface area (Å²) in [5.41, 5.74) is 1.33. The van der Waals surface area contributed by atoms with Crippen molar-refractivity contribution < 1.29 is 14.4 Å². The standard InChI is InChI=1S/C17H25N3O3/c1-5-12(2)20(14(4)22)11-10-17(23)19-16-8-6-15(7-9-16)18-13(3)21/h6-9,12H,5,10-11H2,1-4H3,(H,18,21)(H,19,23). The van der Waals surface area contributed by atoms with E-state index in [2.05, 4.69) is 10.6 Å². The molecule has 126 valence electrons. The van der Waals surface area contributed by atoms with Gasteiger partial charge in [-0.2, -0.15) is 0 Å². The number of rotatable bonds is 7. The van der Waals surface area contributed by atoms with E-state index >= 15 is 0 Å². The number of hydrogen-bond donors (Lipinski definition) is 2. The molecule has 6 heteroatoms. The van der Waals surface area contributed by atoms with Gasteiger partial charge in [0, 0.05) is 44.2 Å². The summed E-state index contributed by atoms with van der Waals surface area (Å²) in [6, 6.07) is 7.01. The predicted octanol–water partition coefficient (Wildman–Crippen LogP) is 2.62. The second kappa shape index (κ2) is 8.92. The summed E-state index contributed by atoms with van der Waals surface area (Å²) in [6.45, 7) is 7.34. The molecule has 6 nitrogen and oxygen atoms in total. The lowest BCUT2D eigenvalue weighted by molar-refractivity contribution is -0.131. The van der Waals surface area contributed by atoms with Crippen LogP contribution in [0.15, 0.2) is 24.3 Å². The fraction of sp³-hybridized carbons (Fsp3) is 0.471. The van der Waals surface area contributed by atoms with Crippen molar-refractivity contribution in [1.29, 1.82) is 0 Å². The Morgan fingerprint density at radius 1 is 1.04 bits per heavy atom. The molecule has 3 amide bonds. The van der Waals surface area contributed by atoms with Crippen molar-refractivity contribution in [3.63, 3.8) is 0 Å². The van der Waals surface area contributed by atoms with Crippen molar-refractivity contribution in [1.82, 2.24) is 4.90 Å². The Balaban J connectivity index is 2.52. The molecule has 0 aliphatic heterocycles. The molecule has 0 aliphatic carbocycles. The van der Waals surface area contributed by atoms with Gasteiger partial charge in [-0.1, -0.05) is 6.92 Å². The molecule has 0 saturated heterocycles. The van der Waals surface area contributed by atoms with Gasteiger partial charge in [-0.05, 0) is 37.6 Å². The maximum Gasteiger partial charge on any atom is 0.226 e. The summed E-state index contributed by atoms with van der Waals surface area (Å²) in [7, 11) is 0. The Bertz CT molecular complexity index is 555. The minimum atomic E-state index is -0.146. The normalized spacial score (nSPS) is 11.5. The fourth-order valence-electron chi connectivity index (χ4n) is 2.19. The van der Waals surface area contributed by atoms with E-state index in [0.29, 0.717) is 17.9 Å². The highest BCUT2D eigenvalue weighted by Crippen LogP contribution is 2.14. The van der Waals surface area contributed by atoms with E-state index in [1.54, 1.807) is 29.2 Å². The summed E-state index contributed by atoms with van der Waals surface area (Å²) >= 11 is 0. The molecule has 1 aromatic rings. The van der Waals surface area contributed by atoms with E-state index in [1.165, 1.54) is 13.8 Å². The molecular formula is C17H25N3O3. The zero-order chi connectivity index (χ0) is 17.4. The number of carbonyl (C=O) groups excluding carboxylic acids is 3. The van der Waals surface area contributed by atoms with E-state index in [-0.39, 0.29) is 30.2 Å². The average Bonchev–Trinajstić information content (AvgIpc) is 2.48. The van der Waals surface area contributed by atoms with E-state index < -0.39 is 0 Å². The topological polar surface area (TPSA) is 78.5 Å². The summed E-state index contributed by atoms with van der Waals surface area (Å²) in [5.74, 6) is -0.310. The Morgan fingerprint density at radius 2 is 1.57 bits per heavy atom. The lowest BCUT2D eigenvalue weighted by Gasteiger charge is -2.27. The van der Waals surface area contributed by atoms with Gasteiger partial charge in [0.25, 0.3) is 0 Å². The molecule has 1 atom stereocenters. The highest BCUT2D eigenvalue weighted by molar-refractivity contribution is 5.92. The summed E-state index contributed by atoms with van der Waals surface area (Å²) < 4.78 is 0. The van der Waals surface area contributed by atoms with Crippen LogP contribution in [0.4, 0.5) is 11.4 Å². The predicted molar refractivity (Wildman–Crippen MR) is 91.1 cm³/mol. The second-order valence-electron chi connectivity index (χ2n) is 5.53. The van der Waals surface area contributed by atoms with Gasteiger partial charge in [-0.25, -0.2) is 0 Å². The SMILES string of the molecule is CCC(C)N(CCC(=O)Nc1ccc(NC(C)=O)cc1)C(C)=O. The Kier molecular flexibility index (Phi) is 7.25. The highest BCUT2D eigenvalue weighted by Gasteiger charge is 2.16. The monoisotopic (exact) mass is 319 g/mol. The first-order valence-corrected chi connectivity index (χ1v) is 7.78. The first kappa shape index (κ1) is 18.7. The third-order valence-corrected chi connectivity index (χ3v) is 3.60. The van der Waals surface area contributed by atoms with Gasteiger partial charge in [-0.15, -0.1) is 0 Å². The van der Waals surface area contributed by atoms with Gasteiger partial charge in [-0.3, -0.25) is 14.4 Å². The number of nitrogens with one attached hydrogen (secondary N) is 2. The average molecular weight is 319 g/mol. The lowest BCUT2D eigenvalue weighted by atomic mass is 10.2. The lowest BCUT2D eigenvalue weighted by Crippen LogP contribution is -2.38. The van der Waals surface area contributed by atoms with Crippen molar-refractivity contribution in [2.75, 3.05) is 17.2 Å². The van der Waals surface area contributed by atoms with Crippen molar-refractivity contribution in [3.05, 3.63) is 24.3 Å². The van der Waals surface area contributed by atoms with Crippen molar-refractivity contribution in [3.8, 4) is 0 Å². The molecule has 1 rings (SSSR count). The van der Waals surface area contributed by atoms with E-state index in [0.717, 1.165) is 6.42 Å². The van der Waals surface area contributed by atoms with Crippen LogP contribution >= 0.6 is 0 Å². The van der Waals surface area contributed by atoms with Gasteiger partial charge in [0.15, 0.2) is 0 Å². The van der Waals surface area contributed by atoms with Crippen LogP contribution in [0, 0.1) is 0 Å². The molecule has 0 aliphatic rings. The van der Waals surface area contributed by atoms with Crippen LogP contribution in [0.3, 0.4) is 0 Å². The molecule has 0 radical (unpaired) electrons. The van der Waals surface area contributed by atoms with Crippen LogP contribution in [-0.4, -0.2) is 35.2 Å². The second-order valence-corrected chi connectivity index (χ2v) is 5.53. The minimum absolute atomic E-state index is 0.0215. The van der Waals surface area contributed by atoms with E-state index in [1.807, 2.05) is 13.8 Å². The Labute approximate surface area is 137 Å². The van der Waals surface area contributed by atoms with E-state index in [4.69, 9.17) is 0 Å². The van der Waals surface area contributed by atoms with Gasteiger partial charge in [0.2, 0.25) is 17.7 Å². The zero-order valence-corrected chi connectivity index (χ0v) is 14.2. The van der Waals surface area contributed by atoms with Gasteiger partial charge >= 0.3 is 0 Å². The molecule has 23 heavy (non-hydrogen) atoms. The van der Waals surface area contributed by atoms with Crippen LogP contribution < -0.4 is 10.6 Å². The quantitative estimate of drug-likeness (QED) is 0.811. The number of carbonyl (C=O) groups is 3. The molecule has 0 saturated carbocycles. The summed E-state index contributed by atoms with van der Waals surface area (Å²) in [5, 5.41) is 5.45.